The maximum atomic E-state index is 13.2. The molecule has 3 aromatic rings. The maximum absolute atomic E-state index is 13.2. The summed E-state index contributed by atoms with van der Waals surface area (Å²) in [6.07, 6.45) is 2.59. The van der Waals surface area contributed by atoms with Crippen molar-refractivity contribution < 1.29 is 18.4 Å². The molecule has 142 valence electrons. The van der Waals surface area contributed by atoms with E-state index in [9.17, 15) is 14.0 Å². The Hall–Kier alpha value is -3.41. The van der Waals surface area contributed by atoms with Crippen molar-refractivity contribution in [1.29, 1.82) is 0 Å². The smallest absolute Gasteiger partial charge is 0.288 e. The van der Waals surface area contributed by atoms with Gasteiger partial charge in [0.25, 0.3) is 5.91 Å². The molecule has 5 nitrogen and oxygen atoms in total. The van der Waals surface area contributed by atoms with Crippen molar-refractivity contribution in [2.24, 2.45) is 0 Å². The number of fused-ring (bicyclic) bond motifs is 1. The average molecular weight is 378 g/mol. The number of anilines is 1. The lowest BCUT2D eigenvalue weighted by molar-refractivity contribution is -0.116. The van der Waals surface area contributed by atoms with Gasteiger partial charge in [-0.2, -0.15) is 0 Å². The van der Waals surface area contributed by atoms with E-state index >= 15 is 0 Å². The van der Waals surface area contributed by atoms with Crippen LogP contribution in [-0.2, 0) is 11.2 Å². The molecule has 2 N–H and O–H groups in total. The largest absolute Gasteiger partial charge is 0.459 e. The summed E-state index contributed by atoms with van der Waals surface area (Å²) in [6, 6.07) is 13.1. The third-order valence-corrected chi connectivity index (χ3v) is 4.90. The number of halogens is 1. The van der Waals surface area contributed by atoms with Crippen molar-refractivity contribution in [3.63, 3.8) is 0 Å². The highest BCUT2D eigenvalue weighted by atomic mass is 19.1. The van der Waals surface area contributed by atoms with Gasteiger partial charge in [0, 0.05) is 17.7 Å². The molecule has 1 aliphatic rings. The van der Waals surface area contributed by atoms with Crippen LogP contribution in [0.4, 0.5) is 10.1 Å². The van der Waals surface area contributed by atoms with Crippen LogP contribution in [0.3, 0.4) is 0 Å². The predicted molar refractivity (Wildman–Crippen MR) is 103 cm³/mol. The van der Waals surface area contributed by atoms with Crippen LogP contribution in [0.2, 0.25) is 0 Å². The van der Waals surface area contributed by atoms with Crippen LogP contribution in [0.5, 0.6) is 0 Å². The Balaban J connectivity index is 1.52. The summed E-state index contributed by atoms with van der Waals surface area (Å²) in [4.78, 5) is 24.2. The minimum absolute atomic E-state index is 0.0211. The van der Waals surface area contributed by atoms with Crippen molar-refractivity contribution in [2.75, 3.05) is 5.32 Å². The lowest BCUT2D eigenvalue weighted by atomic mass is 9.97. The van der Waals surface area contributed by atoms with Crippen molar-refractivity contribution in [1.82, 2.24) is 5.32 Å². The number of amides is 2. The average Bonchev–Trinajstić information content (AvgIpc) is 3.18. The highest BCUT2D eigenvalue weighted by Crippen LogP contribution is 2.28. The summed E-state index contributed by atoms with van der Waals surface area (Å²) in [5.41, 5.74) is 4.14. The monoisotopic (exact) mass is 378 g/mol. The van der Waals surface area contributed by atoms with Gasteiger partial charge >= 0.3 is 0 Å². The van der Waals surface area contributed by atoms with Crippen LogP contribution in [0.15, 0.2) is 59.2 Å². The minimum Gasteiger partial charge on any atom is -0.459 e. The molecule has 2 heterocycles. The van der Waals surface area contributed by atoms with E-state index in [4.69, 9.17) is 4.42 Å². The molecule has 1 aliphatic heterocycles. The lowest BCUT2D eigenvalue weighted by Gasteiger charge is -2.20. The molecule has 28 heavy (non-hydrogen) atoms. The molecule has 2 aromatic carbocycles. The summed E-state index contributed by atoms with van der Waals surface area (Å²) in [7, 11) is 0. The van der Waals surface area contributed by atoms with Crippen LogP contribution >= 0.6 is 0 Å². The number of nitrogens with one attached hydrogen (secondary N) is 2. The van der Waals surface area contributed by atoms with Gasteiger partial charge in [-0.25, -0.2) is 4.39 Å². The van der Waals surface area contributed by atoms with E-state index in [2.05, 4.69) is 10.6 Å². The van der Waals surface area contributed by atoms with E-state index in [0.717, 1.165) is 16.8 Å². The summed E-state index contributed by atoms with van der Waals surface area (Å²) in [6.45, 7) is 1.89. The predicted octanol–water partition coefficient (Wildman–Crippen LogP) is 4.46. The van der Waals surface area contributed by atoms with E-state index in [1.54, 1.807) is 18.2 Å². The summed E-state index contributed by atoms with van der Waals surface area (Å²) in [5, 5.41) is 5.79. The highest BCUT2D eigenvalue weighted by Gasteiger charge is 2.21. The fourth-order valence-corrected chi connectivity index (χ4v) is 3.36. The second kappa shape index (κ2) is 7.31. The first-order valence-corrected chi connectivity index (χ1v) is 9.08. The van der Waals surface area contributed by atoms with Gasteiger partial charge in [-0.15, -0.1) is 0 Å². The third-order valence-electron chi connectivity index (χ3n) is 4.90. The van der Waals surface area contributed by atoms with Crippen molar-refractivity contribution in [3.8, 4) is 11.1 Å². The zero-order valence-corrected chi connectivity index (χ0v) is 15.3. The van der Waals surface area contributed by atoms with E-state index in [-0.39, 0.29) is 29.4 Å². The van der Waals surface area contributed by atoms with Crippen molar-refractivity contribution in [3.05, 3.63) is 77.5 Å². The SMILES string of the molecule is CC(NC(=O)c1occc1-c1ccc(F)cc1)c1ccc2c(c1)CCC(=O)N2. The molecular formula is C22H19FN2O3. The quantitative estimate of drug-likeness (QED) is 0.704. The van der Waals surface area contributed by atoms with Gasteiger partial charge in [0.2, 0.25) is 5.91 Å². The zero-order valence-electron chi connectivity index (χ0n) is 15.3. The third kappa shape index (κ3) is 3.53. The molecule has 1 aromatic heterocycles. The number of carbonyl (C=O) groups excluding carboxylic acids is 2. The second-order valence-electron chi connectivity index (χ2n) is 6.83. The number of furan rings is 1. The van der Waals surface area contributed by atoms with Gasteiger partial charge in [-0.3, -0.25) is 9.59 Å². The van der Waals surface area contributed by atoms with Crippen LogP contribution in [0.25, 0.3) is 11.1 Å². The molecule has 0 saturated heterocycles. The van der Waals surface area contributed by atoms with E-state index in [1.807, 2.05) is 25.1 Å². The van der Waals surface area contributed by atoms with Crippen molar-refractivity contribution >= 4 is 17.5 Å². The van der Waals surface area contributed by atoms with Crippen molar-refractivity contribution in [2.45, 2.75) is 25.8 Å². The molecule has 0 bridgehead atoms. The first-order valence-electron chi connectivity index (χ1n) is 9.08. The van der Waals surface area contributed by atoms with Gasteiger partial charge < -0.3 is 15.1 Å². The Morgan fingerprint density at radius 1 is 1.14 bits per heavy atom. The van der Waals surface area contributed by atoms with Crippen LogP contribution < -0.4 is 10.6 Å². The van der Waals surface area contributed by atoms with E-state index in [1.165, 1.54) is 18.4 Å². The Morgan fingerprint density at radius 3 is 2.71 bits per heavy atom. The lowest BCUT2D eigenvalue weighted by Crippen LogP contribution is -2.27. The number of benzene rings is 2. The molecule has 0 saturated carbocycles. The molecule has 0 radical (unpaired) electrons. The fraction of sp³-hybridized carbons (Fsp3) is 0.182. The number of hydrogen-bond acceptors (Lipinski definition) is 3. The number of aryl methyl sites for hydroxylation is 1. The first kappa shape index (κ1) is 18.0. The Morgan fingerprint density at radius 2 is 1.93 bits per heavy atom. The first-order chi connectivity index (χ1) is 13.5. The molecule has 0 aliphatic carbocycles. The molecule has 0 fully saturated rings. The maximum Gasteiger partial charge on any atom is 0.288 e. The molecule has 1 unspecified atom stereocenters. The standard InChI is InChI=1S/C22H19FN2O3/c1-13(15-4-8-19-16(12-15)5-9-20(26)25-19)24-22(27)21-18(10-11-28-21)14-2-6-17(23)7-3-14/h2-4,6-8,10-13H,5,9H2,1H3,(H,24,27)(H,25,26). The molecule has 6 heteroatoms. The number of hydrogen-bond donors (Lipinski definition) is 2. The summed E-state index contributed by atoms with van der Waals surface area (Å²) >= 11 is 0. The Kier molecular flexibility index (Phi) is 4.69. The Labute approximate surface area is 161 Å². The van der Waals surface area contributed by atoms with E-state index < -0.39 is 0 Å². The van der Waals surface area contributed by atoms with Crippen LogP contribution in [0.1, 0.15) is 41.1 Å². The summed E-state index contributed by atoms with van der Waals surface area (Å²) in [5.74, 6) is -0.477. The second-order valence-corrected chi connectivity index (χ2v) is 6.83. The molecule has 4 rings (SSSR count). The molecular weight excluding hydrogens is 359 g/mol. The fourth-order valence-electron chi connectivity index (χ4n) is 3.36. The molecule has 2 amide bonds. The topological polar surface area (TPSA) is 71.3 Å². The van der Waals surface area contributed by atoms with Gasteiger partial charge in [0.15, 0.2) is 5.76 Å². The van der Waals surface area contributed by atoms with Crippen LogP contribution in [-0.4, -0.2) is 11.8 Å². The zero-order chi connectivity index (χ0) is 19.7. The van der Waals surface area contributed by atoms with Gasteiger partial charge in [-0.05, 0) is 54.3 Å². The van der Waals surface area contributed by atoms with Crippen LogP contribution in [0, 0.1) is 5.82 Å². The molecule has 0 spiro atoms. The van der Waals surface area contributed by atoms with Gasteiger partial charge in [0.05, 0.1) is 12.3 Å². The van der Waals surface area contributed by atoms with Gasteiger partial charge in [0.1, 0.15) is 5.82 Å². The molecule has 1 atom stereocenters. The number of rotatable bonds is 4. The highest BCUT2D eigenvalue weighted by molar-refractivity contribution is 5.98. The van der Waals surface area contributed by atoms with Gasteiger partial charge in [-0.1, -0.05) is 24.3 Å². The minimum atomic E-state index is -0.345. The van der Waals surface area contributed by atoms with E-state index in [0.29, 0.717) is 24.0 Å². The Bertz CT molecular complexity index is 1040. The normalized spacial score (nSPS) is 14.1. The summed E-state index contributed by atoms with van der Waals surface area (Å²) < 4.78 is 18.6. The number of carbonyl (C=O) groups is 2.